The highest BCUT2D eigenvalue weighted by Crippen LogP contribution is 2.40. The standard InChI is InChI=1S/C28H34N2O4/c1-3-20-17-21-18-22(7-9-24(21)29-27(20)32-2)28(31,11-14-30-12-5-4-6-13-30)23-8-10-25-26(19-23)34-16-15-33-25/h7-10,17-19,31H,3-6,11-16H2,1-2H3. The molecule has 2 aliphatic heterocycles. The van der Waals surface area contributed by atoms with Crippen molar-refractivity contribution >= 4 is 10.9 Å². The molecule has 1 unspecified atom stereocenters. The van der Waals surface area contributed by atoms with Gasteiger partial charge in [-0.1, -0.05) is 25.5 Å². The normalized spacial score (nSPS) is 18.0. The zero-order chi connectivity index (χ0) is 23.5. The number of nitrogens with zero attached hydrogens (tertiary/aromatic N) is 2. The Balaban J connectivity index is 1.56. The van der Waals surface area contributed by atoms with Gasteiger partial charge in [-0.2, -0.15) is 0 Å². The van der Waals surface area contributed by atoms with Crippen molar-refractivity contribution in [3.8, 4) is 17.4 Å². The Labute approximate surface area is 201 Å². The topological polar surface area (TPSA) is 64.1 Å². The third-order valence-electron chi connectivity index (χ3n) is 7.16. The fourth-order valence-corrected chi connectivity index (χ4v) is 5.15. The number of fused-ring (bicyclic) bond motifs is 2. The van der Waals surface area contributed by atoms with Crippen molar-refractivity contribution in [1.29, 1.82) is 0 Å². The number of aryl methyl sites for hydroxylation is 1. The van der Waals surface area contributed by atoms with Gasteiger partial charge in [-0.3, -0.25) is 0 Å². The summed E-state index contributed by atoms with van der Waals surface area (Å²) in [6.07, 6.45) is 5.18. The fraction of sp³-hybridized carbons (Fsp3) is 0.464. The van der Waals surface area contributed by atoms with Crippen molar-refractivity contribution in [2.75, 3.05) is 40.0 Å². The minimum Gasteiger partial charge on any atom is -0.486 e. The Hall–Kier alpha value is -2.83. The van der Waals surface area contributed by atoms with Crippen LogP contribution in [0.1, 0.15) is 49.3 Å². The number of likely N-dealkylation sites (tertiary alicyclic amines) is 1. The largest absolute Gasteiger partial charge is 0.486 e. The van der Waals surface area contributed by atoms with Crippen LogP contribution in [-0.2, 0) is 12.0 Å². The van der Waals surface area contributed by atoms with Crippen LogP contribution in [0.5, 0.6) is 17.4 Å². The average Bonchev–Trinajstić information content (AvgIpc) is 2.90. The summed E-state index contributed by atoms with van der Waals surface area (Å²) in [6.45, 7) is 6.19. The molecule has 2 aromatic carbocycles. The van der Waals surface area contributed by atoms with E-state index in [4.69, 9.17) is 14.2 Å². The number of pyridine rings is 1. The van der Waals surface area contributed by atoms with Crippen molar-refractivity contribution in [3.63, 3.8) is 0 Å². The number of benzene rings is 2. The molecule has 180 valence electrons. The molecule has 0 spiro atoms. The minimum atomic E-state index is -1.16. The molecule has 5 rings (SSSR count). The van der Waals surface area contributed by atoms with E-state index in [1.165, 1.54) is 19.3 Å². The second-order valence-electron chi connectivity index (χ2n) is 9.29. The number of methoxy groups -OCH3 is 1. The van der Waals surface area contributed by atoms with Crippen molar-refractivity contribution in [2.45, 2.75) is 44.6 Å². The smallest absolute Gasteiger partial charge is 0.216 e. The van der Waals surface area contributed by atoms with Crippen LogP contribution in [0.3, 0.4) is 0 Å². The monoisotopic (exact) mass is 462 g/mol. The van der Waals surface area contributed by atoms with E-state index in [1.54, 1.807) is 7.11 Å². The molecule has 0 bridgehead atoms. The van der Waals surface area contributed by atoms with Crippen LogP contribution < -0.4 is 14.2 Å². The molecule has 6 heteroatoms. The lowest BCUT2D eigenvalue weighted by Crippen LogP contribution is -2.37. The van der Waals surface area contributed by atoms with E-state index in [0.29, 0.717) is 31.3 Å². The first-order chi connectivity index (χ1) is 16.6. The summed E-state index contributed by atoms with van der Waals surface area (Å²) in [5.41, 5.74) is 2.45. The Morgan fingerprint density at radius 3 is 2.47 bits per heavy atom. The lowest BCUT2D eigenvalue weighted by atomic mass is 9.82. The Morgan fingerprint density at radius 1 is 0.971 bits per heavy atom. The van der Waals surface area contributed by atoms with Crippen molar-refractivity contribution < 1.29 is 19.3 Å². The molecular formula is C28H34N2O4. The molecule has 1 saturated heterocycles. The second kappa shape index (κ2) is 9.80. The van der Waals surface area contributed by atoms with Crippen LogP contribution in [0.15, 0.2) is 42.5 Å². The van der Waals surface area contributed by atoms with Crippen molar-refractivity contribution in [2.24, 2.45) is 0 Å². The molecule has 0 saturated carbocycles. The van der Waals surface area contributed by atoms with Gasteiger partial charge in [0.1, 0.15) is 18.8 Å². The van der Waals surface area contributed by atoms with Gasteiger partial charge in [0.2, 0.25) is 5.88 Å². The van der Waals surface area contributed by atoms with E-state index in [1.807, 2.05) is 30.3 Å². The van der Waals surface area contributed by atoms with Crippen molar-refractivity contribution in [3.05, 3.63) is 59.2 Å². The van der Waals surface area contributed by atoms with Crippen LogP contribution in [0.25, 0.3) is 10.9 Å². The Morgan fingerprint density at radius 2 is 1.71 bits per heavy atom. The van der Waals surface area contributed by atoms with Crippen LogP contribution >= 0.6 is 0 Å². The zero-order valence-corrected chi connectivity index (χ0v) is 20.2. The van der Waals surface area contributed by atoms with E-state index in [-0.39, 0.29) is 0 Å². The molecule has 0 amide bonds. The van der Waals surface area contributed by atoms with Crippen LogP contribution in [0.4, 0.5) is 0 Å². The number of hydrogen-bond donors (Lipinski definition) is 1. The zero-order valence-electron chi connectivity index (χ0n) is 20.2. The number of hydrogen-bond acceptors (Lipinski definition) is 6. The summed E-state index contributed by atoms with van der Waals surface area (Å²) < 4.78 is 17.0. The molecular weight excluding hydrogens is 428 g/mol. The maximum atomic E-state index is 12.3. The molecule has 6 nitrogen and oxygen atoms in total. The first-order valence-corrected chi connectivity index (χ1v) is 12.4. The van der Waals surface area contributed by atoms with Gasteiger partial charge in [-0.25, -0.2) is 4.98 Å². The van der Waals surface area contributed by atoms with Crippen LogP contribution in [-0.4, -0.2) is 54.9 Å². The van der Waals surface area contributed by atoms with Gasteiger partial charge < -0.3 is 24.2 Å². The van der Waals surface area contributed by atoms with Gasteiger partial charge in [0, 0.05) is 17.5 Å². The Bertz CT molecular complexity index is 1160. The minimum absolute atomic E-state index is 0.520. The lowest BCUT2D eigenvalue weighted by molar-refractivity contribution is 0.0540. The SMILES string of the molecule is CCc1cc2cc(C(O)(CCN3CCCCC3)c3ccc4c(c3)OCCO4)ccc2nc1OC. The number of rotatable bonds is 7. The first-order valence-electron chi connectivity index (χ1n) is 12.4. The molecule has 0 radical (unpaired) electrons. The summed E-state index contributed by atoms with van der Waals surface area (Å²) in [5.74, 6) is 2.09. The molecule has 1 N–H and O–H groups in total. The third kappa shape index (κ3) is 4.44. The molecule has 1 aromatic heterocycles. The number of piperidine rings is 1. The van der Waals surface area contributed by atoms with Gasteiger partial charge in [0.05, 0.1) is 12.6 Å². The van der Waals surface area contributed by atoms with Crippen molar-refractivity contribution in [1.82, 2.24) is 9.88 Å². The highest BCUT2D eigenvalue weighted by Gasteiger charge is 2.34. The summed E-state index contributed by atoms with van der Waals surface area (Å²) in [5, 5.41) is 13.3. The molecule has 3 aromatic rings. The van der Waals surface area contributed by atoms with Gasteiger partial charge in [-0.05, 0) is 80.2 Å². The number of aromatic nitrogens is 1. The van der Waals surface area contributed by atoms with E-state index >= 15 is 0 Å². The summed E-state index contributed by atoms with van der Waals surface area (Å²) in [4.78, 5) is 7.16. The predicted octanol–water partition coefficient (Wildman–Crippen LogP) is 4.69. The molecule has 1 fully saturated rings. The van der Waals surface area contributed by atoms with Gasteiger partial charge >= 0.3 is 0 Å². The van der Waals surface area contributed by atoms with E-state index < -0.39 is 5.60 Å². The first kappa shape index (κ1) is 22.9. The van der Waals surface area contributed by atoms with Gasteiger partial charge in [-0.15, -0.1) is 0 Å². The fourth-order valence-electron chi connectivity index (χ4n) is 5.15. The van der Waals surface area contributed by atoms with Gasteiger partial charge in [0.15, 0.2) is 11.5 Å². The second-order valence-corrected chi connectivity index (χ2v) is 9.29. The maximum Gasteiger partial charge on any atom is 0.216 e. The van der Waals surface area contributed by atoms with Crippen LogP contribution in [0.2, 0.25) is 0 Å². The quantitative estimate of drug-likeness (QED) is 0.550. The number of ether oxygens (including phenoxy) is 3. The highest BCUT2D eigenvalue weighted by molar-refractivity contribution is 5.81. The highest BCUT2D eigenvalue weighted by atomic mass is 16.6. The molecule has 34 heavy (non-hydrogen) atoms. The van der Waals surface area contributed by atoms with E-state index in [2.05, 4.69) is 28.9 Å². The van der Waals surface area contributed by atoms with E-state index in [9.17, 15) is 5.11 Å². The Kier molecular flexibility index (Phi) is 6.61. The maximum absolute atomic E-state index is 12.3. The molecule has 0 aliphatic carbocycles. The van der Waals surface area contributed by atoms with Gasteiger partial charge in [0.25, 0.3) is 0 Å². The third-order valence-corrected chi connectivity index (χ3v) is 7.16. The number of aliphatic hydroxyl groups is 1. The lowest BCUT2D eigenvalue weighted by Gasteiger charge is -2.34. The van der Waals surface area contributed by atoms with E-state index in [0.717, 1.165) is 59.4 Å². The average molecular weight is 463 g/mol. The summed E-state index contributed by atoms with van der Waals surface area (Å²) >= 11 is 0. The predicted molar refractivity (Wildman–Crippen MR) is 133 cm³/mol. The van der Waals surface area contributed by atoms with Crippen LogP contribution in [0, 0.1) is 0 Å². The molecule has 2 aliphatic rings. The molecule has 1 atom stereocenters. The summed E-state index contributed by atoms with van der Waals surface area (Å²) in [7, 11) is 1.66. The summed E-state index contributed by atoms with van der Waals surface area (Å²) in [6, 6.07) is 14.0. The molecule has 3 heterocycles.